The van der Waals surface area contributed by atoms with Gasteiger partial charge in [0.05, 0.1) is 0 Å². The third kappa shape index (κ3) is 32.5. The maximum absolute atomic E-state index is 12.8. The smallest absolute Gasteiger partial charge is 0.306 e. The quantitative estimate of drug-likeness (QED) is 0.0271. The van der Waals surface area contributed by atoms with Crippen LogP contribution in [0.15, 0.2) is 0 Å². The molecule has 0 N–H and O–H groups in total. The van der Waals surface area contributed by atoms with Gasteiger partial charge in [0.15, 0.2) is 6.10 Å². The summed E-state index contributed by atoms with van der Waals surface area (Å²) in [6.45, 7) is 9.95. The second-order valence-electron chi connectivity index (χ2n) is 15.5. The zero-order valence-electron chi connectivity index (χ0n) is 34.2. The van der Waals surface area contributed by atoms with Crippen molar-refractivity contribution in [3.05, 3.63) is 0 Å². The highest BCUT2D eigenvalue weighted by atomic mass is 16.6. The van der Waals surface area contributed by atoms with E-state index in [-0.39, 0.29) is 49.3 Å². The van der Waals surface area contributed by atoms with Crippen LogP contribution < -0.4 is 0 Å². The van der Waals surface area contributed by atoms with Crippen LogP contribution in [0.3, 0.4) is 0 Å². The molecule has 0 aliphatic carbocycles. The molecule has 7 heteroatoms. The number of unbranched alkanes of at least 4 members (excludes halogenated alkanes) is 24. The molecule has 3 atom stereocenters. The normalized spacial score (nSPS) is 13.1. The summed E-state index contributed by atoms with van der Waals surface area (Å²) in [5.74, 6) is -1.30. The van der Waals surface area contributed by atoms with Crippen molar-refractivity contribution < 1.29 is 33.4 Å². The Hall–Kier alpha value is -1.92. The summed E-state index contributed by atoms with van der Waals surface area (Å²) in [7, 11) is 0. The highest BCUT2D eigenvalue weighted by Crippen LogP contribution is 2.23. The van der Waals surface area contributed by atoms with Gasteiger partial charge in [-0.25, -0.2) is 0 Å². The fourth-order valence-electron chi connectivity index (χ4n) is 6.53. The molecule has 0 fully saturated rings. The lowest BCUT2D eigenvalue weighted by Gasteiger charge is -2.23. The summed E-state index contributed by atoms with van der Waals surface area (Å²) < 4.78 is 16.6. The van der Waals surface area contributed by atoms with Gasteiger partial charge in [0.1, 0.15) is 19.5 Å². The molecule has 0 radical (unpaired) electrons. The lowest BCUT2D eigenvalue weighted by atomic mass is 9.84. The topological polar surface area (TPSA) is 96.0 Å². The summed E-state index contributed by atoms with van der Waals surface area (Å²) in [5, 5.41) is 0. The molecule has 0 aromatic rings. The molecule has 0 saturated carbocycles. The van der Waals surface area contributed by atoms with Crippen molar-refractivity contribution in [2.45, 2.75) is 227 Å². The van der Waals surface area contributed by atoms with Gasteiger partial charge in [-0.3, -0.25) is 14.4 Å². The van der Waals surface area contributed by atoms with E-state index in [0.29, 0.717) is 12.8 Å². The number of aldehydes is 1. The molecule has 0 bridgehead atoms. The molecular weight excluding hydrogens is 640 g/mol. The van der Waals surface area contributed by atoms with Gasteiger partial charge in [-0.05, 0) is 24.7 Å². The van der Waals surface area contributed by atoms with Gasteiger partial charge in [0.25, 0.3) is 0 Å². The highest BCUT2D eigenvalue weighted by Gasteiger charge is 2.25. The number of carbonyl (C=O) groups excluding carboxylic acids is 4. The lowest BCUT2D eigenvalue weighted by molar-refractivity contribution is -0.167. The molecule has 0 aliphatic heterocycles. The molecule has 0 spiro atoms. The van der Waals surface area contributed by atoms with Gasteiger partial charge in [0, 0.05) is 25.2 Å². The van der Waals surface area contributed by atoms with Crippen LogP contribution in [0.25, 0.3) is 0 Å². The summed E-state index contributed by atoms with van der Waals surface area (Å²) in [4.78, 5) is 49.0. The van der Waals surface area contributed by atoms with E-state index in [1.165, 1.54) is 128 Å². The Balaban J connectivity index is 4.38. The zero-order valence-corrected chi connectivity index (χ0v) is 34.2. The average molecular weight is 723 g/mol. The third-order valence-electron chi connectivity index (χ3n) is 10.6. The first-order chi connectivity index (χ1) is 24.7. The summed E-state index contributed by atoms with van der Waals surface area (Å²) >= 11 is 0. The Morgan fingerprint density at radius 1 is 0.471 bits per heavy atom. The van der Waals surface area contributed by atoms with Crippen LogP contribution in [0.1, 0.15) is 221 Å². The fraction of sp³-hybridized carbons (Fsp3) is 0.909. The fourth-order valence-corrected chi connectivity index (χ4v) is 6.53. The maximum Gasteiger partial charge on any atom is 0.306 e. The highest BCUT2D eigenvalue weighted by molar-refractivity contribution is 5.71. The Kier molecular flexibility index (Phi) is 35.1. The van der Waals surface area contributed by atoms with Crippen molar-refractivity contribution in [3.8, 4) is 0 Å². The van der Waals surface area contributed by atoms with Crippen LogP contribution in [0.2, 0.25) is 0 Å². The van der Waals surface area contributed by atoms with Crippen molar-refractivity contribution in [1.29, 1.82) is 0 Å². The minimum atomic E-state index is -0.852. The zero-order chi connectivity index (χ0) is 37.8. The van der Waals surface area contributed by atoms with E-state index in [2.05, 4.69) is 13.8 Å². The molecule has 0 saturated heterocycles. The van der Waals surface area contributed by atoms with E-state index in [9.17, 15) is 19.2 Å². The maximum atomic E-state index is 12.8. The van der Waals surface area contributed by atoms with Crippen molar-refractivity contribution in [2.75, 3.05) is 13.2 Å². The van der Waals surface area contributed by atoms with Crippen LogP contribution >= 0.6 is 0 Å². The summed E-state index contributed by atoms with van der Waals surface area (Å²) in [5.41, 5.74) is 0. The van der Waals surface area contributed by atoms with E-state index >= 15 is 0 Å². The lowest BCUT2D eigenvalue weighted by Crippen LogP contribution is -2.32. The van der Waals surface area contributed by atoms with Crippen molar-refractivity contribution in [3.63, 3.8) is 0 Å². The third-order valence-corrected chi connectivity index (χ3v) is 10.6. The van der Waals surface area contributed by atoms with E-state index in [4.69, 9.17) is 14.2 Å². The minimum absolute atomic E-state index is 0.0183. The molecule has 0 aromatic heterocycles. The molecule has 3 unspecified atom stereocenters. The van der Waals surface area contributed by atoms with E-state index < -0.39 is 12.1 Å². The predicted molar refractivity (Wildman–Crippen MR) is 211 cm³/mol. The molecule has 0 aromatic carbocycles. The number of esters is 3. The predicted octanol–water partition coefficient (Wildman–Crippen LogP) is 12.4. The Morgan fingerprint density at radius 2 is 0.784 bits per heavy atom. The molecule has 0 aliphatic rings. The molecule has 300 valence electrons. The van der Waals surface area contributed by atoms with Crippen LogP contribution in [0.4, 0.5) is 0 Å². The SMILES string of the molecule is CCCCCCCCCCCCCCCC(=O)OCC(COC(=O)CCCCCCCCCCCCCCC)OC(=O)CC(C)C(C)C(C)C=O. The number of ether oxygens (including phenoxy) is 3. The Labute approximate surface area is 314 Å². The van der Waals surface area contributed by atoms with Crippen LogP contribution in [-0.4, -0.2) is 43.5 Å². The van der Waals surface area contributed by atoms with Crippen molar-refractivity contribution in [1.82, 2.24) is 0 Å². The average Bonchev–Trinajstić information content (AvgIpc) is 3.12. The van der Waals surface area contributed by atoms with Gasteiger partial charge in [-0.15, -0.1) is 0 Å². The van der Waals surface area contributed by atoms with E-state index in [1.807, 2.05) is 20.8 Å². The molecular formula is C44H82O7. The van der Waals surface area contributed by atoms with E-state index in [0.717, 1.165) is 44.8 Å². The first-order valence-electron chi connectivity index (χ1n) is 21.7. The number of carbonyl (C=O) groups is 4. The van der Waals surface area contributed by atoms with Gasteiger partial charge < -0.3 is 19.0 Å². The van der Waals surface area contributed by atoms with Gasteiger partial charge >= 0.3 is 17.9 Å². The van der Waals surface area contributed by atoms with Crippen LogP contribution in [0.5, 0.6) is 0 Å². The first-order valence-corrected chi connectivity index (χ1v) is 21.7. The second-order valence-corrected chi connectivity index (χ2v) is 15.5. The molecule has 0 heterocycles. The Bertz CT molecular complexity index is 782. The first kappa shape index (κ1) is 49.1. The van der Waals surface area contributed by atoms with Gasteiger partial charge in [-0.2, -0.15) is 0 Å². The van der Waals surface area contributed by atoms with Gasteiger partial charge in [-0.1, -0.05) is 189 Å². The number of hydrogen-bond acceptors (Lipinski definition) is 7. The van der Waals surface area contributed by atoms with Crippen LogP contribution in [0, 0.1) is 17.8 Å². The molecule has 0 rings (SSSR count). The Morgan fingerprint density at radius 3 is 1.10 bits per heavy atom. The van der Waals surface area contributed by atoms with Gasteiger partial charge in [0.2, 0.25) is 0 Å². The monoisotopic (exact) mass is 723 g/mol. The van der Waals surface area contributed by atoms with Crippen molar-refractivity contribution in [2.24, 2.45) is 17.8 Å². The van der Waals surface area contributed by atoms with Crippen LogP contribution in [-0.2, 0) is 33.4 Å². The standard InChI is InChI=1S/C44H82O7/c1-6-8-10-12-14-16-18-20-22-24-26-28-30-32-42(46)49-36-41(51-44(48)34-38(3)40(5)39(4)35-45)37-50-43(47)33-31-29-27-25-23-21-19-17-15-13-11-9-7-2/h35,38-41H,6-34,36-37H2,1-5H3. The summed E-state index contributed by atoms with van der Waals surface area (Å²) in [6, 6.07) is 0. The van der Waals surface area contributed by atoms with E-state index in [1.54, 1.807) is 0 Å². The largest absolute Gasteiger partial charge is 0.462 e. The van der Waals surface area contributed by atoms with Crippen molar-refractivity contribution >= 4 is 24.2 Å². The molecule has 0 amide bonds. The number of rotatable bonds is 38. The number of hydrogen-bond donors (Lipinski definition) is 0. The molecule has 51 heavy (non-hydrogen) atoms. The second kappa shape index (κ2) is 36.4. The molecule has 7 nitrogen and oxygen atoms in total. The summed E-state index contributed by atoms with van der Waals surface area (Å²) in [6.07, 6.45) is 33.1. The minimum Gasteiger partial charge on any atom is -0.462 e.